The van der Waals surface area contributed by atoms with E-state index in [0.29, 0.717) is 13.0 Å². The molecule has 2 unspecified atom stereocenters. The van der Waals surface area contributed by atoms with Crippen molar-refractivity contribution >= 4 is 0 Å². The average Bonchev–Trinajstić information content (AvgIpc) is 2.35. The van der Waals surface area contributed by atoms with E-state index in [1.165, 1.54) is 18.2 Å². The lowest BCUT2D eigenvalue weighted by atomic mass is 9.98. The summed E-state index contributed by atoms with van der Waals surface area (Å²) in [5.74, 6) is -1.20. The highest BCUT2D eigenvalue weighted by atomic mass is 19.1. The molecule has 0 amide bonds. The molecule has 0 spiro atoms. The lowest BCUT2D eigenvalue weighted by Gasteiger charge is -2.24. The van der Waals surface area contributed by atoms with Gasteiger partial charge in [-0.3, -0.25) is 0 Å². The summed E-state index contributed by atoms with van der Waals surface area (Å²) in [6.07, 6.45) is 2.74. The van der Waals surface area contributed by atoms with Crippen molar-refractivity contribution in [2.24, 2.45) is 0 Å². The first-order valence-corrected chi connectivity index (χ1v) is 6.39. The van der Waals surface area contributed by atoms with Gasteiger partial charge in [-0.1, -0.05) is 6.07 Å². The third kappa shape index (κ3) is 3.50. The number of hydrogen-bond donors (Lipinski definition) is 1. The fourth-order valence-electron chi connectivity index (χ4n) is 2.34. The van der Waals surface area contributed by atoms with Crippen LogP contribution in [0.5, 0.6) is 0 Å². The SMILES string of the molecule is OC(Cc1c(F)cccc1F)CC1CCCCO1. The molecule has 0 bridgehead atoms. The summed E-state index contributed by atoms with van der Waals surface area (Å²) in [4.78, 5) is 0. The van der Waals surface area contributed by atoms with Crippen molar-refractivity contribution in [1.29, 1.82) is 0 Å². The molecule has 100 valence electrons. The van der Waals surface area contributed by atoms with E-state index >= 15 is 0 Å². The summed E-state index contributed by atoms with van der Waals surface area (Å²) >= 11 is 0. The molecule has 1 fully saturated rings. The van der Waals surface area contributed by atoms with Crippen LogP contribution in [0.1, 0.15) is 31.2 Å². The highest BCUT2D eigenvalue weighted by Crippen LogP contribution is 2.20. The summed E-state index contributed by atoms with van der Waals surface area (Å²) < 4.78 is 32.3. The average molecular weight is 256 g/mol. The lowest BCUT2D eigenvalue weighted by molar-refractivity contribution is -0.0150. The van der Waals surface area contributed by atoms with Gasteiger partial charge >= 0.3 is 0 Å². The van der Waals surface area contributed by atoms with Gasteiger partial charge in [0.1, 0.15) is 11.6 Å². The van der Waals surface area contributed by atoms with Crippen molar-refractivity contribution in [2.75, 3.05) is 6.61 Å². The molecular formula is C14H18F2O2. The molecule has 1 aliphatic rings. The van der Waals surface area contributed by atoms with Gasteiger partial charge in [0.05, 0.1) is 12.2 Å². The molecule has 4 heteroatoms. The molecule has 2 atom stereocenters. The smallest absolute Gasteiger partial charge is 0.129 e. The Kier molecular flexibility index (Phi) is 4.66. The fourth-order valence-corrected chi connectivity index (χ4v) is 2.34. The van der Waals surface area contributed by atoms with Gasteiger partial charge in [-0.05, 0) is 37.8 Å². The third-order valence-electron chi connectivity index (χ3n) is 3.31. The summed E-state index contributed by atoms with van der Waals surface area (Å²) in [6.45, 7) is 0.714. The first-order valence-electron chi connectivity index (χ1n) is 6.39. The molecule has 1 aromatic carbocycles. The minimum atomic E-state index is -0.764. The van der Waals surface area contributed by atoms with Gasteiger partial charge in [0.15, 0.2) is 0 Å². The minimum Gasteiger partial charge on any atom is -0.393 e. The monoisotopic (exact) mass is 256 g/mol. The molecule has 0 radical (unpaired) electrons. The minimum absolute atomic E-state index is 0.00162. The molecule has 1 heterocycles. The van der Waals surface area contributed by atoms with Crippen LogP contribution in [0.2, 0.25) is 0 Å². The van der Waals surface area contributed by atoms with Gasteiger partial charge in [0.2, 0.25) is 0 Å². The van der Waals surface area contributed by atoms with Crippen LogP contribution in [-0.2, 0) is 11.2 Å². The topological polar surface area (TPSA) is 29.5 Å². The van der Waals surface area contributed by atoms with E-state index in [0.717, 1.165) is 19.3 Å². The van der Waals surface area contributed by atoms with Crippen molar-refractivity contribution in [3.63, 3.8) is 0 Å². The standard InChI is InChI=1S/C14H18F2O2/c15-13-5-3-6-14(16)12(13)9-10(17)8-11-4-1-2-7-18-11/h3,5-6,10-11,17H,1-2,4,7-9H2. The number of ether oxygens (including phenoxy) is 1. The highest BCUT2D eigenvalue weighted by molar-refractivity contribution is 5.20. The highest BCUT2D eigenvalue weighted by Gasteiger charge is 2.20. The molecule has 1 aromatic rings. The van der Waals surface area contributed by atoms with Gasteiger partial charge < -0.3 is 9.84 Å². The quantitative estimate of drug-likeness (QED) is 0.897. The predicted octanol–water partition coefficient (Wildman–Crippen LogP) is 2.83. The first kappa shape index (κ1) is 13.4. The number of rotatable bonds is 4. The Hall–Kier alpha value is -1.00. The summed E-state index contributed by atoms with van der Waals surface area (Å²) in [5.41, 5.74) is -0.0409. The van der Waals surface area contributed by atoms with Gasteiger partial charge in [0.25, 0.3) is 0 Å². The largest absolute Gasteiger partial charge is 0.393 e. The number of hydrogen-bond acceptors (Lipinski definition) is 2. The molecule has 18 heavy (non-hydrogen) atoms. The maximum absolute atomic E-state index is 13.4. The van der Waals surface area contributed by atoms with Crippen LogP contribution < -0.4 is 0 Å². The third-order valence-corrected chi connectivity index (χ3v) is 3.31. The Morgan fingerprint density at radius 3 is 2.61 bits per heavy atom. The van der Waals surface area contributed by atoms with E-state index < -0.39 is 17.7 Å². The molecule has 2 nitrogen and oxygen atoms in total. The second-order valence-corrected chi connectivity index (χ2v) is 4.78. The Labute approximate surface area is 106 Å². The Balaban J connectivity index is 1.92. The van der Waals surface area contributed by atoms with Crippen LogP contribution in [0.3, 0.4) is 0 Å². The molecule has 0 aromatic heterocycles. The lowest BCUT2D eigenvalue weighted by Crippen LogP contribution is -2.26. The van der Waals surface area contributed by atoms with E-state index in [1.54, 1.807) is 0 Å². The molecule has 1 aliphatic heterocycles. The molecule has 1 saturated heterocycles. The van der Waals surface area contributed by atoms with Crippen molar-refractivity contribution in [3.8, 4) is 0 Å². The number of benzene rings is 1. The molecule has 0 saturated carbocycles. The van der Waals surface area contributed by atoms with Crippen LogP contribution in [0.25, 0.3) is 0 Å². The van der Waals surface area contributed by atoms with Crippen LogP contribution in [0, 0.1) is 11.6 Å². The maximum atomic E-state index is 13.4. The second-order valence-electron chi connectivity index (χ2n) is 4.78. The number of halogens is 2. The van der Waals surface area contributed by atoms with Crippen LogP contribution in [0.15, 0.2) is 18.2 Å². The van der Waals surface area contributed by atoms with E-state index in [-0.39, 0.29) is 18.1 Å². The van der Waals surface area contributed by atoms with E-state index in [9.17, 15) is 13.9 Å². The number of aliphatic hydroxyl groups excluding tert-OH is 1. The van der Waals surface area contributed by atoms with Crippen molar-refractivity contribution in [1.82, 2.24) is 0 Å². The molecular weight excluding hydrogens is 238 g/mol. The van der Waals surface area contributed by atoms with Crippen molar-refractivity contribution in [2.45, 2.75) is 44.3 Å². The fraction of sp³-hybridized carbons (Fsp3) is 0.571. The van der Waals surface area contributed by atoms with Gasteiger partial charge in [-0.2, -0.15) is 0 Å². The van der Waals surface area contributed by atoms with E-state index in [1.807, 2.05) is 0 Å². The van der Waals surface area contributed by atoms with Crippen LogP contribution >= 0.6 is 0 Å². The van der Waals surface area contributed by atoms with Crippen LogP contribution in [-0.4, -0.2) is 23.9 Å². The molecule has 0 aliphatic carbocycles. The summed E-state index contributed by atoms with van der Waals surface area (Å²) in [6, 6.07) is 3.75. The van der Waals surface area contributed by atoms with Crippen molar-refractivity contribution < 1.29 is 18.6 Å². The van der Waals surface area contributed by atoms with Gasteiger partial charge in [-0.15, -0.1) is 0 Å². The zero-order chi connectivity index (χ0) is 13.0. The molecule has 1 N–H and O–H groups in total. The van der Waals surface area contributed by atoms with Gasteiger partial charge in [0, 0.05) is 18.6 Å². The zero-order valence-electron chi connectivity index (χ0n) is 10.2. The zero-order valence-corrected chi connectivity index (χ0v) is 10.2. The Morgan fingerprint density at radius 2 is 2.00 bits per heavy atom. The van der Waals surface area contributed by atoms with E-state index in [4.69, 9.17) is 4.74 Å². The summed E-state index contributed by atoms with van der Waals surface area (Å²) in [5, 5.41) is 9.89. The van der Waals surface area contributed by atoms with Crippen LogP contribution in [0.4, 0.5) is 8.78 Å². The molecule has 2 rings (SSSR count). The van der Waals surface area contributed by atoms with Gasteiger partial charge in [-0.25, -0.2) is 8.78 Å². The normalized spacial score (nSPS) is 21.8. The number of aliphatic hydroxyl groups is 1. The predicted molar refractivity (Wildman–Crippen MR) is 64.3 cm³/mol. The second kappa shape index (κ2) is 6.25. The summed E-state index contributed by atoms with van der Waals surface area (Å²) in [7, 11) is 0. The van der Waals surface area contributed by atoms with Crippen molar-refractivity contribution in [3.05, 3.63) is 35.4 Å². The maximum Gasteiger partial charge on any atom is 0.129 e. The van der Waals surface area contributed by atoms with E-state index in [2.05, 4.69) is 0 Å². The Morgan fingerprint density at radius 1 is 1.28 bits per heavy atom. The first-order chi connectivity index (χ1) is 8.66. The Bertz CT molecular complexity index is 369.